The maximum Gasteiger partial charge on any atom is 0.121 e. The lowest BCUT2D eigenvalue weighted by Crippen LogP contribution is -2.35. The minimum atomic E-state index is 0.177. The van der Waals surface area contributed by atoms with Gasteiger partial charge in [-0.1, -0.05) is 36.4 Å². The second-order valence-electron chi connectivity index (χ2n) is 7.78. The van der Waals surface area contributed by atoms with Crippen LogP contribution in [0.15, 0.2) is 67.0 Å². The van der Waals surface area contributed by atoms with E-state index in [1.165, 1.54) is 33.3 Å². The summed E-state index contributed by atoms with van der Waals surface area (Å²) in [5.74, 6) is 0.931. The molecule has 4 nitrogen and oxygen atoms in total. The number of pyridine rings is 1. The van der Waals surface area contributed by atoms with Gasteiger partial charge in [-0.05, 0) is 53.8 Å². The molecule has 0 spiro atoms. The lowest BCUT2D eigenvalue weighted by Gasteiger charge is -2.36. The third-order valence-corrected chi connectivity index (χ3v) is 5.98. The molecule has 4 heteroatoms. The largest absolute Gasteiger partial charge is 0.496 e. The van der Waals surface area contributed by atoms with Crippen LogP contribution in [-0.4, -0.2) is 28.5 Å². The number of nitrogens with one attached hydrogen (secondary N) is 1. The Morgan fingerprint density at radius 3 is 2.83 bits per heavy atom. The van der Waals surface area contributed by atoms with E-state index >= 15 is 0 Å². The van der Waals surface area contributed by atoms with Crippen molar-refractivity contribution < 1.29 is 4.74 Å². The van der Waals surface area contributed by atoms with Gasteiger partial charge in [0.15, 0.2) is 0 Å². The van der Waals surface area contributed by atoms with Gasteiger partial charge in [-0.25, -0.2) is 0 Å². The van der Waals surface area contributed by atoms with Crippen molar-refractivity contribution in [2.24, 2.45) is 0 Å². The second-order valence-corrected chi connectivity index (χ2v) is 7.78. The van der Waals surface area contributed by atoms with Gasteiger partial charge < -0.3 is 9.72 Å². The van der Waals surface area contributed by atoms with Gasteiger partial charge in [0, 0.05) is 42.1 Å². The van der Waals surface area contributed by atoms with Crippen molar-refractivity contribution in [1.82, 2.24) is 14.9 Å². The number of aryl methyl sites for hydroxylation is 1. The number of nitrogens with zero attached hydrogens (tertiary/aromatic N) is 2. The molecule has 1 atom stereocenters. The van der Waals surface area contributed by atoms with Crippen LogP contribution in [-0.2, 0) is 13.0 Å². The molecule has 5 rings (SSSR count). The fourth-order valence-electron chi connectivity index (χ4n) is 4.64. The molecule has 0 saturated heterocycles. The number of fused-ring (bicyclic) bond motifs is 3. The molecule has 2 aromatic carbocycles. The summed E-state index contributed by atoms with van der Waals surface area (Å²) in [7, 11) is 1.73. The predicted octanol–water partition coefficient (Wildman–Crippen LogP) is 5.03. The average molecular weight is 383 g/mol. The summed E-state index contributed by atoms with van der Waals surface area (Å²) < 4.78 is 5.50. The van der Waals surface area contributed by atoms with Crippen LogP contribution in [0.4, 0.5) is 0 Å². The van der Waals surface area contributed by atoms with Crippen molar-refractivity contribution in [2.75, 3.05) is 13.7 Å². The number of aromatic nitrogens is 2. The van der Waals surface area contributed by atoms with E-state index in [0.29, 0.717) is 0 Å². The van der Waals surface area contributed by atoms with Crippen molar-refractivity contribution >= 4 is 10.9 Å². The summed E-state index contributed by atoms with van der Waals surface area (Å²) in [5.41, 5.74) is 7.67. The van der Waals surface area contributed by atoms with Crippen LogP contribution in [0.3, 0.4) is 0 Å². The first kappa shape index (κ1) is 18.0. The van der Waals surface area contributed by atoms with Crippen LogP contribution >= 0.6 is 0 Å². The van der Waals surface area contributed by atoms with Gasteiger partial charge in [0.25, 0.3) is 0 Å². The zero-order chi connectivity index (χ0) is 19.8. The number of ether oxygens (including phenoxy) is 1. The normalized spacial score (nSPS) is 16.7. The van der Waals surface area contributed by atoms with Crippen molar-refractivity contribution in [3.63, 3.8) is 0 Å². The molecule has 0 bridgehead atoms. The highest BCUT2D eigenvalue weighted by Crippen LogP contribution is 2.40. The molecule has 0 saturated carbocycles. The predicted molar refractivity (Wildman–Crippen MR) is 116 cm³/mol. The van der Waals surface area contributed by atoms with E-state index in [2.05, 4.69) is 70.3 Å². The first-order valence-electron chi connectivity index (χ1n) is 10.1. The first-order chi connectivity index (χ1) is 14.2. The highest BCUT2D eigenvalue weighted by atomic mass is 16.5. The van der Waals surface area contributed by atoms with E-state index in [1.54, 1.807) is 7.11 Å². The minimum absolute atomic E-state index is 0.177. The van der Waals surface area contributed by atoms with Crippen LogP contribution in [0.5, 0.6) is 5.75 Å². The quantitative estimate of drug-likeness (QED) is 0.537. The number of H-pyrrole nitrogens is 1. The molecule has 0 radical (unpaired) electrons. The molecule has 1 aliphatic heterocycles. The van der Waals surface area contributed by atoms with E-state index in [9.17, 15) is 0 Å². The number of hydrogen-bond acceptors (Lipinski definition) is 3. The number of methoxy groups -OCH3 is 1. The lowest BCUT2D eigenvalue weighted by atomic mass is 9.91. The van der Waals surface area contributed by atoms with Crippen LogP contribution in [0.1, 0.15) is 34.0 Å². The van der Waals surface area contributed by atoms with Crippen molar-refractivity contribution in [2.45, 2.75) is 25.9 Å². The summed E-state index contributed by atoms with van der Waals surface area (Å²) >= 11 is 0. The monoisotopic (exact) mass is 383 g/mol. The van der Waals surface area contributed by atoms with Crippen molar-refractivity contribution in [3.05, 3.63) is 94.9 Å². The molecule has 1 N–H and O–H groups in total. The van der Waals surface area contributed by atoms with E-state index in [0.717, 1.165) is 30.8 Å². The standard InChI is InChI=1S/C25H25N3O/c1-17-14-19(9-10-23(17)29-2)25-24-21(20-7-3-4-8-22(20)27-24)11-13-28(25)16-18-6-5-12-26-15-18/h3-10,12,14-15,25,27H,11,13,16H2,1-2H3. The average Bonchev–Trinajstić information content (AvgIpc) is 3.13. The van der Waals surface area contributed by atoms with Crippen LogP contribution in [0.25, 0.3) is 10.9 Å². The van der Waals surface area contributed by atoms with Crippen molar-refractivity contribution in [1.29, 1.82) is 0 Å². The molecule has 0 aliphatic carbocycles. The van der Waals surface area contributed by atoms with E-state index < -0.39 is 0 Å². The fourth-order valence-corrected chi connectivity index (χ4v) is 4.64. The van der Waals surface area contributed by atoms with Crippen LogP contribution < -0.4 is 4.74 Å². The SMILES string of the molecule is COc1ccc(C2c3[nH]c4ccccc4c3CCN2Cc2cccnc2)cc1C. The molecule has 0 fully saturated rings. The number of benzene rings is 2. The van der Waals surface area contributed by atoms with E-state index in [4.69, 9.17) is 4.74 Å². The Morgan fingerprint density at radius 2 is 2.03 bits per heavy atom. The van der Waals surface area contributed by atoms with Gasteiger partial charge in [-0.3, -0.25) is 9.88 Å². The molecule has 2 aromatic heterocycles. The maximum atomic E-state index is 5.50. The molecule has 1 aliphatic rings. The maximum absolute atomic E-state index is 5.50. The highest BCUT2D eigenvalue weighted by molar-refractivity contribution is 5.85. The summed E-state index contributed by atoms with van der Waals surface area (Å²) in [6.45, 7) is 4.00. The molecule has 3 heterocycles. The smallest absolute Gasteiger partial charge is 0.121 e. The van der Waals surface area contributed by atoms with Crippen LogP contribution in [0, 0.1) is 6.92 Å². The zero-order valence-electron chi connectivity index (χ0n) is 16.9. The van der Waals surface area contributed by atoms with Crippen molar-refractivity contribution in [3.8, 4) is 5.75 Å². The lowest BCUT2D eigenvalue weighted by molar-refractivity contribution is 0.201. The summed E-state index contributed by atoms with van der Waals surface area (Å²) in [5, 5.41) is 1.35. The Balaban J connectivity index is 1.63. The Kier molecular flexibility index (Phi) is 4.57. The molecule has 4 aromatic rings. The number of rotatable bonds is 4. The molecule has 1 unspecified atom stereocenters. The van der Waals surface area contributed by atoms with Gasteiger partial charge in [0.1, 0.15) is 5.75 Å². The van der Waals surface area contributed by atoms with Gasteiger partial charge in [-0.15, -0.1) is 0 Å². The Hall–Kier alpha value is -3.11. The Morgan fingerprint density at radius 1 is 1.14 bits per heavy atom. The highest BCUT2D eigenvalue weighted by Gasteiger charge is 2.31. The summed E-state index contributed by atoms with van der Waals surface area (Å²) in [6, 6.07) is 19.5. The topological polar surface area (TPSA) is 41.1 Å². The Labute approximate surface area is 171 Å². The first-order valence-corrected chi connectivity index (χ1v) is 10.1. The fraction of sp³-hybridized carbons (Fsp3) is 0.240. The number of hydrogen-bond donors (Lipinski definition) is 1. The molecule has 29 heavy (non-hydrogen) atoms. The summed E-state index contributed by atoms with van der Waals surface area (Å²) in [4.78, 5) is 10.6. The van der Waals surface area contributed by atoms with Gasteiger partial charge in [-0.2, -0.15) is 0 Å². The van der Waals surface area contributed by atoms with E-state index in [1.807, 2.05) is 18.5 Å². The molecular weight excluding hydrogens is 358 g/mol. The van der Waals surface area contributed by atoms with Gasteiger partial charge in [0.05, 0.1) is 13.2 Å². The van der Waals surface area contributed by atoms with Crippen LogP contribution in [0.2, 0.25) is 0 Å². The third kappa shape index (κ3) is 3.19. The summed E-state index contributed by atoms with van der Waals surface area (Å²) in [6.07, 6.45) is 4.85. The van der Waals surface area contributed by atoms with E-state index in [-0.39, 0.29) is 6.04 Å². The molecule has 146 valence electrons. The minimum Gasteiger partial charge on any atom is -0.496 e. The second kappa shape index (κ2) is 7.37. The number of aromatic amines is 1. The van der Waals surface area contributed by atoms with Gasteiger partial charge >= 0.3 is 0 Å². The van der Waals surface area contributed by atoms with Gasteiger partial charge in [0.2, 0.25) is 0 Å². The third-order valence-electron chi connectivity index (χ3n) is 5.98. The Bertz CT molecular complexity index is 1150. The molecular formula is C25H25N3O. The number of para-hydroxylation sites is 1. The molecule has 0 amide bonds. The zero-order valence-corrected chi connectivity index (χ0v) is 16.9.